The number of aliphatic imine (C=N–C) groups is 1. The van der Waals surface area contributed by atoms with Crippen LogP contribution in [-0.4, -0.2) is 41.1 Å². The summed E-state index contributed by atoms with van der Waals surface area (Å²) in [4.78, 5) is 5.49. The third-order valence-electron chi connectivity index (χ3n) is 1.35. The Morgan fingerprint density at radius 2 is 2.42 bits per heavy atom. The number of nitriles is 1. The van der Waals surface area contributed by atoms with Gasteiger partial charge in [-0.15, -0.1) is 4.99 Å². The molecule has 0 aliphatic heterocycles. The molecule has 1 N–H and O–H groups in total. The first kappa shape index (κ1) is 11.3. The fourth-order valence-electron chi connectivity index (χ4n) is 0.798. The molecule has 5 heteroatoms. The van der Waals surface area contributed by atoms with Crippen LogP contribution in [0.5, 0.6) is 0 Å². The monoisotopic (exact) mass is 187 g/mol. The summed E-state index contributed by atoms with van der Waals surface area (Å²) in [6, 6.07) is 0. The van der Waals surface area contributed by atoms with Crippen molar-refractivity contribution in [2.75, 3.05) is 26.0 Å². The zero-order valence-corrected chi connectivity index (χ0v) is 8.13. The van der Waals surface area contributed by atoms with E-state index in [-0.39, 0.29) is 6.61 Å². The van der Waals surface area contributed by atoms with Crippen LogP contribution in [0.2, 0.25) is 0 Å². The minimum atomic E-state index is 0.0822. The van der Waals surface area contributed by atoms with Gasteiger partial charge in [-0.25, -0.2) is 0 Å². The summed E-state index contributed by atoms with van der Waals surface area (Å²) >= 11 is 1.41. The zero-order valence-electron chi connectivity index (χ0n) is 7.32. The number of hydrogen-bond donors (Lipinski definition) is 1. The lowest BCUT2D eigenvalue weighted by molar-refractivity contribution is 0.255. The number of rotatable bonds is 3. The Hall–Kier alpha value is -0.730. The van der Waals surface area contributed by atoms with E-state index in [0.29, 0.717) is 11.7 Å². The van der Waals surface area contributed by atoms with Gasteiger partial charge in [0.25, 0.3) is 0 Å². The standard InChI is InChI=1S/C7H13N3OS/c1-3-10(4-5-11)7(12-2)9-6-8/h11H,3-5H2,1-2H3. The summed E-state index contributed by atoms with van der Waals surface area (Å²) in [5.74, 6) is 0. The maximum atomic E-state index is 8.69. The summed E-state index contributed by atoms with van der Waals surface area (Å²) < 4.78 is 0. The van der Waals surface area contributed by atoms with E-state index in [9.17, 15) is 0 Å². The molecule has 0 saturated heterocycles. The smallest absolute Gasteiger partial charge is 0.208 e. The molecule has 0 spiro atoms. The van der Waals surface area contributed by atoms with Crippen molar-refractivity contribution in [3.63, 3.8) is 0 Å². The molecule has 0 saturated carbocycles. The molecule has 0 aromatic rings. The number of amidine groups is 1. The van der Waals surface area contributed by atoms with E-state index in [0.717, 1.165) is 6.54 Å². The van der Waals surface area contributed by atoms with Crippen LogP contribution in [-0.2, 0) is 0 Å². The highest BCUT2D eigenvalue weighted by atomic mass is 32.2. The van der Waals surface area contributed by atoms with Gasteiger partial charge >= 0.3 is 0 Å². The lowest BCUT2D eigenvalue weighted by atomic mass is 10.5. The largest absolute Gasteiger partial charge is 0.395 e. The maximum Gasteiger partial charge on any atom is 0.208 e. The molecule has 0 aliphatic carbocycles. The highest BCUT2D eigenvalue weighted by molar-refractivity contribution is 8.13. The first-order chi connectivity index (χ1) is 5.79. The van der Waals surface area contributed by atoms with Gasteiger partial charge in [-0.05, 0) is 13.2 Å². The molecular weight excluding hydrogens is 174 g/mol. The Morgan fingerprint density at radius 1 is 1.75 bits per heavy atom. The molecule has 0 fully saturated rings. The van der Waals surface area contributed by atoms with Crippen molar-refractivity contribution in [3.8, 4) is 6.19 Å². The minimum Gasteiger partial charge on any atom is -0.395 e. The number of aliphatic hydroxyl groups excluding tert-OH is 1. The highest BCUT2D eigenvalue weighted by Gasteiger charge is 2.06. The zero-order chi connectivity index (χ0) is 9.40. The molecule has 0 aromatic carbocycles. The minimum absolute atomic E-state index is 0.0822. The van der Waals surface area contributed by atoms with E-state index < -0.39 is 0 Å². The number of thioether (sulfide) groups is 1. The van der Waals surface area contributed by atoms with E-state index in [1.807, 2.05) is 18.1 Å². The van der Waals surface area contributed by atoms with Crippen molar-refractivity contribution < 1.29 is 5.11 Å². The van der Waals surface area contributed by atoms with E-state index in [4.69, 9.17) is 10.4 Å². The number of likely N-dealkylation sites (N-methyl/N-ethyl adjacent to an activating group) is 1. The van der Waals surface area contributed by atoms with Crippen molar-refractivity contribution in [1.82, 2.24) is 4.90 Å². The second-order valence-corrected chi connectivity index (χ2v) is 2.78. The van der Waals surface area contributed by atoms with Gasteiger partial charge in [-0.3, -0.25) is 0 Å². The fourth-order valence-corrected chi connectivity index (χ4v) is 1.41. The van der Waals surface area contributed by atoms with Crippen LogP contribution in [0.4, 0.5) is 0 Å². The summed E-state index contributed by atoms with van der Waals surface area (Å²) in [6.07, 6.45) is 3.59. The Morgan fingerprint density at radius 3 is 2.75 bits per heavy atom. The molecule has 68 valence electrons. The van der Waals surface area contributed by atoms with Gasteiger partial charge in [0.05, 0.1) is 6.61 Å². The molecular formula is C7H13N3OS. The van der Waals surface area contributed by atoms with Gasteiger partial charge < -0.3 is 10.0 Å². The van der Waals surface area contributed by atoms with E-state index in [1.54, 1.807) is 6.19 Å². The molecule has 4 nitrogen and oxygen atoms in total. The van der Waals surface area contributed by atoms with E-state index in [1.165, 1.54) is 11.8 Å². The molecule has 0 radical (unpaired) electrons. The van der Waals surface area contributed by atoms with Crippen molar-refractivity contribution in [1.29, 1.82) is 5.26 Å². The average molecular weight is 187 g/mol. The maximum absolute atomic E-state index is 8.69. The second-order valence-electron chi connectivity index (χ2n) is 2.00. The lowest BCUT2D eigenvalue weighted by Crippen LogP contribution is -2.31. The highest BCUT2D eigenvalue weighted by Crippen LogP contribution is 2.04. The molecule has 0 aliphatic rings. The quantitative estimate of drug-likeness (QED) is 0.397. The normalized spacial score (nSPS) is 11.0. The van der Waals surface area contributed by atoms with Crippen LogP contribution in [0.15, 0.2) is 4.99 Å². The Labute approximate surface area is 76.9 Å². The first-order valence-electron chi connectivity index (χ1n) is 3.66. The summed E-state index contributed by atoms with van der Waals surface area (Å²) in [7, 11) is 0. The van der Waals surface area contributed by atoms with Crippen LogP contribution in [0.3, 0.4) is 0 Å². The van der Waals surface area contributed by atoms with Gasteiger partial charge in [0.2, 0.25) is 6.19 Å². The third-order valence-corrected chi connectivity index (χ3v) is 2.07. The van der Waals surface area contributed by atoms with Crippen LogP contribution >= 0.6 is 11.8 Å². The van der Waals surface area contributed by atoms with Gasteiger partial charge in [-0.1, -0.05) is 11.8 Å². The Bertz CT molecular complexity index is 188. The summed E-state index contributed by atoms with van der Waals surface area (Å²) in [6.45, 7) is 3.32. The van der Waals surface area contributed by atoms with Crippen molar-refractivity contribution >= 4 is 16.9 Å². The Balaban J connectivity index is 4.25. The van der Waals surface area contributed by atoms with Crippen LogP contribution in [0.25, 0.3) is 0 Å². The molecule has 12 heavy (non-hydrogen) atoms. The summed E-state index contributed by atoms with van der Waals surface area (Å²) in [5.41, 5.74) is 0. The van der Waals surface area contributed by atoms with Gasteiger partial charge in [0.1, 0.15) is 0 Å². The predicted octanol–water partition coefficient (Wildman–Crippen LogP) is 0.501. The Kier molecular flexibility index (Phi) is 6.53. The van der Waals surface area contributed by atoms with Gasteiger partial charge in [0, 0.05) is 13.1 Å². The fraction of sp³-hybridized carbons (Fsp3) is 0.714. The van der Waals surface area contributed by atoms with Crippen molar-refractivity contribution in [2.24, 2.45) is 4.99 Å². The van der Waals surface area contributed by atoms with E-state index >= 15 is 0 Å². The van der Waals surface area contributed by atoms with Gasteiger partial charge in [0.15, 0.2) is 5.17 Å². The van der Waals surface area contributed by atoms with E-state index in [2.05, 4.69) is 4.99 Å². The third kappa shape index (κ3) is 3.60. The topological polar surface area (TPSA) is 59.6 Å². The first-order valence-corrected chi connectivity index (χ1v) is 4.89. The molecule has 0 unspecified atom stereocenters. The number of nitrogens with zero attached hydrogens (tertiary/aromatic N) is 3. The number of aliphatic hydroxyl groups is 1. The van der Waals surface area contributed by atoms with Crippen molar-refractivity contribution in [2.45, 2.75) is 6.92 Å². The lowest BCUT2D eigenvalue weighted by Gasteiger charge is -2.20. The average Bonchev–Trinajstić information content (AvgIpc) is 2.11. The predicted molar refractivity (Wildman–Crippen MR) is 50.9 cm³/mol. The van der Waals surface area contributed by atoms with Crippen LogP contribution in [0.1, 0.15) is 6.92 Å². The van der Waals surface area contributed by atoms with Crippen molar-refractivity contribution in [3.05, 3.63) is 0 Å². The second kappa shape index (κ2) is 6.95. The molecule has 0 heterocycles. The molecule has 0 rings (SSSR count). The van der Waals surface area contributed by atoms with Crippen LogP contribution < -0.4 is 0 Å². The molecule has 0 atom stereocenters. The molecule has 0 amide bonds. The molecule has 0 bridgehead atoms. The summed E-state index contributed by atoms with van der Waals surface area (Å²) in [5, 5.41) is 17.7. The SMILES string of the molecule is CCN(CCO)C(=NC#N)SC. The van der Waals surface area contributed by atoms with Gasteiger partial charge in [-0.2, -0.15) is 5.26 Å². The molecule has 0 aromatic heterocycles. The van der Waals surface area contributed by atoms with Crippen LogP contribution in [0, 0.1) is 11.5 Å². The number of hydrogen-bond acceptors (Lipinski definition) is 4.